The topological polar surface area (TPSA) is 49.4 Å². The summed E-state index contributed by atoms with van der Waals surface area (Å²) in [6.07, 6.45) is 13.2. The molecule has 32 heavy (non-hydrogen) atoms. The van der Waals surface area contributed by atoms with Crippen molar-refractivity contribution in [2.75, 3.05) is 32.8 Å². The SMILES string of the molecule is S=C(NC/C=C\COc1cc(CN2CCCCC2)ccn1)NCCCCc1ccccc1. The van der Waals surface area contributed by atoms with E-state index in [-0.39, 0.29) is 0 Å². The van der Waals surface area contributed by atoms with Gasteiger partial charge in [0.05, 0.1) is 0 Å². The van der Waals surface area contributed by atoms with Crippen LogP contribution in [0.15, 0.2) is 60.8 Å². The monoisotopic (exact) mass is 452 g/mol. The van der Waals surface area contributed by atoms with Crippen molar-refractivity contribution in [2.24, 2.45) is 0 Å². The Labute approximate surface area is 198 Å². The van der Waals surface area contributed by atoms with Gasteiger partial charge in [0.15, 0.2) is 5.11 Å². The molecular formula is C26H36N4OS. The van der Waals surface area contributed by atoms with E-state index in [0.717, 1.165) is 32.4 Å². The zero-order valence-electron chi connectivity index (χ0n) is 19.0. The number of likely N-dealkylation sites (tertiary alicyclic amines) is 1. The van der Waals surface area contributed by atoms with Crippen LogP contribution in [-0.4, -0.2) is 47.8 Å². The lowest BCUT2D eigenvalue weighted by molar-refractivity contribution is 0.220. The third-order valence-electron chi connectivity index (χ3n) is 5.55. The molecule has 1 aromatic carbocycles. The minimum atomic E-state index is 0.502. The van der Waals surface area contributed by atoms with Gasteiger partial charge in [-0.3, -0.25) is 4.90 Å². The summed E-state index contributed by atoms with van der Waals surface area (Å²) in [4.78, 5) is 6.83. The first-order chi connectivity index (χ1) is 15.8. The predicted octanol–water partition coefficient (Wildman–Crippen LogP) is 4.49. The second-order valence-electron chi connectivity index (χ2n) is 8.20. The maximum absolute atomic E-state index is 5.78. The van der Waals surface area contributed by atoms with Crippen molar-refractivity contribution in [2.45, 2.75) is 45.1 Å². The normalized spacial score (nSPS) is 14.4. The van der Waals surface area contributed by atoms with Crippen molar-refractivity contribution in [3.05, 3.63) is 71.9 Å². The van der Waals surface area contributed by atoms with Gasteiger partial charge in [0, 0.05) is 31.9 Å². The molecule has 2 N–H and O–H groups in total. The number of aryl methyl sites for hydroxylation is 1. The predicted molar refractivity (Wildman–Crippen MR) is 136 cm³/mol. The highest BCUT2D eigenvalue weighted by Crippen LogP contribution is 2.15. The minimum Gasteiger partial charge on any atom is -0.473 e. The molecule has 0 radical (unpaired) electrons. The number of ether oxygens (including phenoxy) is 1. The Hall–Kier alpha value is -2.44. The van der Waals surface area contributed by atoms with Crippen molar-refractivity contribution in [1.82, 2.24) is 20.5 Å². The molecule has 6 heteroatoms. The summed E-state index contributed by atoms with van der Waals surface area (Å²) in [5.41, 5.74) is 2.66. The van der Waals surface area contributed by atoms with E-state index in [1.807, 2.05) is 18.3 Å². The van der Waals surface area contributed by atoms with Crippen LogP contribution in [0.3, 0.4) is 0 Å². The van der Waals surface area contributed by atoms with Gasteiger partial charge < -0.3 is 15.4 Å². The second kappa shape index (κ2) is 14.6. The number of hydrogen-bond acceptors (Lipinski definition) is 4. The number of piperidine rings is 1. The minimum absolute atomic E-state index is 0.502. The molecule has 0 bridgehead atoms. The maximum Gasteiger partial charge on any atom is 0.213 e. The highest BCUT2D eigenvalue weighted by Gasteiger charge is 2.10. The van der Waals surface area contributed by atoms with Gasteiger partial charge in [-0.25, -0.2) is 4.98 Å². The Bertz CT molecular complexity index is 822. The van der Waals surface area contributed by atoms with Crippen LogP contribution >= 0.6 is 12.2 Å². The third-order valence-corrected chi connectivity index (χ3v) is 5.84. The highest BCUT2D eigenvalue weighted by atomic mass is 32.1. The van der Waals surface area contributed by atoms with Crippen molar-refractivity contribution < 1.29 is 4.74 Å². The number of unbranched alkanes of at least 4 members (excludes halogenated alkanes) is 1. The molecule has 0 saturated carbocycles. The van der Waals surface area contributed by atoms with E-state index in [1.165, 1.54) is 43.5 Å². The van der Waals surface area contributed by atoms with Crippen LogP contribution in [-0.2, 0) is 13.0 Å². The van der Waals surface area contributed by atoms with Crippen molar-refractivity contribution in [3.8, 4) is 5.88 Å². The third kappa shape index (κ3) is 9.79. The summed E-state index contributed by atoms with van der Waals surface area (Å²) in [6.45, 7) is 5.45. The van der Waals surface area contributed by atoms with E-state index in [1.54, 1.807) is 0 Å². The smallest absolute Gasteiger partial charge is 0.213 e. The first kappa shape index (κ1) is 24.2. The molecule has 172 valence electrons. The molecule has 1 aliphatic heterocycles. The first-order valence-electron chi connectivity index (χ1n) is 11.8. The fourth-order valence-electron chi connectivity index (χ4n) is 3.80. The van der Waals surface area contributed by atoms with Crippen LogP contribution in [0.5, 0.6) is 5.88 Å². The van der Waals surface area contributed by atoms with Gasteiger partial charge in [0.2, 0.25) is 5.88 Å². The van der Waals surface area contributed by atoms with Crippen LogP contribution in [0.2, 0.25) is 0 Å². The highest BCUT2D eigenvalue weighted by molar-refractivity contribution is 7.80. The Kier molecular flexibility index (Phi) is 11.0. The van der Waals surface area contributed by atoms with Gasteiger partial charge in [-0.2, -0.15) is 0 Å². The van der Waals surface area contributed by atoms with E-state index in [4.69, 9.17) is 17.0 Å². The molecule has 3 rings (SSSR count). The Morgan fingerprint density at radius 3 is 2.69 bits per heavy atom. The maximum atomic E-state index is 5.78. The summed E-state index contributed by atoms with van der Waals surface area (Å²) < 4.78 is 5.78. The van der Waals surface area contributed by atoms with Gasteiger partial charge in [-0.05, 0) is 80.7 Å². The number of thiocarbonyl (C=S) groups is 1. The number of nitrogens with zero attached hydrogens (tertiary/aromatic N) is 2. The van der Waals surface area contributed by atoms with Crippen LogP contribution in [0.25, 0.3) is 0 Å². The lowest BCUT2D eigenvalue weighted by Gasteiger charge is -2.26. The van der Waals surface area contributed by atoms with Gasteiger partial charge in [-0.15, -0.1) is 0 Å². The van der Waals surface area contributed by atoms with Crippen LogP contribution < -0.4 is 15.4 Å². The van der Waals surface area contributed by atoms with E-state index in [2.05, 4.69) is 63.0 Å². The fraction of sp³-hybridized carbons (Fsp3) is 0.462. The number of pyridine rings is 1. The van der Waals surface area contributed by atoms with Gasteiger partial charge in [-0.1, -0.05) is 42.8 Å². The Morgan fingerprint density at radius 1 is 1.00 bits per heavy atom. The molecule has 0 unspecified atom stereocenters. The molecule has 1 aliphatic rings. The number of rotatable bonds is 12. The molecule has 5 nitrogen and oxygen atoms in total. The van der Waals surface area contributed by atoms with Crippen molar-refractivity contribution in [1.29, 1.82) is 0 Å². The van der Waals surface area contributed by atoms with Crippen LogP contribution in [0.1, 0.15) is 43.2 Å². The Balaban J connectivity index is 1.22. The first-order valence-corrected chi connectivity index (χ1v) is 12.2. The van der Waals surface area contributed by atoms with E-state index < -0.39 is 0 Å². The summed E-state index contributed by atoms with van der Waals surface area (Å²) in [5.74, 6) is 0.685. The zero-order valence-corrected chi connectivity index (χ0v) is 19.8. The van der Waals surface area contributed by atoms with E-state index >= 15 is 0 Å². The Morgan fingerprint density at radius 2 is 1.84 bits per heavy atom. The molecule has 0 spiro atoms. The number of hydrogen-bond donors (Lipinski definition) is 2. The van der Waals surface area contributed by atoms with E-state index in [0.29, 0.717) is 24.1 Å². The molecule has 2 heterocycles. The molecular weight excluding hydrogens is 416 g/mol. The lowest BCUT2D eigenvalue weighted by Crippen LogP contribution is -2.35. The molecule has 0 aliphatic carbocycles. The lowest BCUT2D eigenvalue weighted by atomic mass is 10.1. The summed E-state index contributed by atoms with van der Waals surface area (Å²) in [7, 11) is 0. The average Bonchev–Trinajstić information content (AvgIpc) is 2.83. The van der Waals surface area contributed by atoms with Crippen LogP contribution in [0, 0.1) is 0 Å². The zero-order chi connectivity index (χ0) is 22.3. The summed E-state index contributed by atoms with van der Waals surface area (Å²) >= 11 is 5.33. The number of aromatic nitrogens is 1. The molecule has 0 atom stereocenters. The number of benzene rings is 1. The molecule has 1 fully saturated rings. The molecule has 0 amide bonds. The quantitative estimate of drug-likeness (QED) is 0.281. The summed E-state index contributed by atoms with van der Waals surface area (Å²) in [6, 6.07) is 14.7. The number of nitrogens with one attached hydrogen (secondary N) is 2. The molecule has 1 aromatic heterocycles. The summed E-state index contributed by atoms with van der Waals surface area (Å²) in [5, 5.41) is 7.16. The van der Waals surface area contributed by atoms with Gasteiger partial charge in [0.1, 0.15) is 6.61 Å². The molecule has 2 aromatic rings. The van der Waals surface area contributed by atoms with E-state index in [9.17, 15) is 0 Å². The van der Waals surface area contributed by atoms with Crippen molar-refractivity contribution >= 4 is 17.3 Å². The van der Waals surface area contributed by atoms with Crippen LogP contribution in [0.4, 0.5) is 0 Å². The standard InChI is InChI=1S/C26H36N4OS/c32-26(28-15-6-5-13-23-11-3-1-4-12-23)29-16-7-10-20-31-25-21-24(14-17-27-25)22-30-18-8-2-9-19-30/h1,3-4,7,10-12,14,17,21H,2,5-6,8-9,13,15-16,18-20,22H2,(H2,28,29,32)/b10-7-. The second-order valence-corrected chi connectivity index (χ2v) is 8.61. The van der Waals surface area contributed by atoms with Gasteiger partial charge >= 0.3 is 0 Å². The fourth-order valence-corrected chi connectivity index (χ4v) is 3.99. The largest absolute Gasteiger partial charge is 0.473 e. The average molecular weight is 453 g/mol. The van der Waals surface area contributed by atoms with Gasteiger partial charge in [0.25, 0.3) is 0 Å². The van der Waals surface area contributed by atoms with Crippen molar-refractivity contribution in [3.63, 3.8) is 0 Å². The molecule has 1 saturated heterocycles.